The molecule has 1 saturated carbocycles. The van der Waals surface area contributed by atoms with Crippen molar-refractivity contribution in [2.75, 3.05) is 7.05 Å². The average Bonchev–Trinajstić information content (AvgIpc) is 2.89. The van der Waals surface area contributed by atoms with Crippen molar-refractivity contribution in [3.8, 4) is 0 Å². The van der Waals surface area contributed by atoms with Gasteiger partial charge in [-0.3, -0.25) is 0 Å². The number of hydrogen-bond donors (Lipinski definition) is 1. The van der Waals surface area contributed by atoms with Gasteiger partial charge in [0, 0.05) is 13.0 Å². The fourth-order valence-corrected chi connectivity index (χ4v) is 3.24. The first kappa shape index (κ1) is 13.6. The van der Waals surface area contributed by atoms with Crippen molar-refractivity contribution in [2.45, 2.75) is 51.5 Å². The minimum Gasteiger partial charge on any atom is -0.441 e. The number of hydrogen-bond acceptors (Lipinski definition) is 3. The molecule has 0 amide bonds. The predicted molar refractivity (Wildman–Crippen MR) is 81.7 cm³/mol. The molecule has 1 N–H and O–H groups in total. The van der Waals surface area contributed by atoms with Crippen molar-refractivity contribution in [2.24, 2.45) is 5.92 Å². The minimum absolute atomic E-state index is 0.869. The summed E-state index contributed by atoms with van der Waals surface area (Å²) >= 11 is 0. The normalized spacial score (nSPS) is 16.9. The number of rotatable bonds is 5. The molecular formula is C17H24N2O. The first-order valence-electron chi connectivity index (χ1n) is 7.88. The Labute approximate surface area is 120 Å². The first-order valence-corrected chi connectivity index (χ1v) is 7.88. The van der Waals surface area contributed by atoms with Crippen LogP contribution in [0.4, 0.5) is 0 Å². The third-order valence-corrected chi connectivity index (χ3v) is 4.37. The molecule has 3 rings (SSSR count). The fraction of sp³-hybridized carbons (Fsp3) is 0.588. The lowest BCUT2D eigenvalue weighted by molar-refractivity contribution is 0.330. The van der Waals surface area contributed by atoms with Crippen molar-refractivity contribution >= 4 is 11.1 Å². The van der Waals surface area contributed by atoms with Gasteiger partial charge in [0.25, 0.3) is 0 Å². The topological polar surface area (TPSA) is 38.1 Å². The van der Waals surface area contributed by atoms with Crippen molar-refractivity contribution in [3.63, 3.8) is 0 Å². The first-order chi connectivity index (χ1) is 9.85. The van der Waals surface area contributed by atoms with Crippen LogP contribution in [0.5, 0.6) is 0 Å². The summed E-state index contributed by atoms with van der Waals surface area (Å²) in [7, 11) is 1.96. The second kappa shape index (κ2) is 6.40. The number of oxazole rings is 1. The summed E-state index contributed by atoms with van der Waals surface area (Å²) in [5.74, 6) is 1.80. The number of fused-ring (bicyclic) bond motifs is 1. The molecule has 2 aromatic rings. The van der Waals surface area contributed by atoms with Gasteiger partial charge in [0.15, 0.2) is 11.5 Å². The maximum absolute atomic E-state index is 5.91. The molecule has 0 saturated heterocycles. The molecule has 0 bridgehead atoms. The van der Waals surface area contributed by atoms with Gasteiger partial charge in [0.2, 0.25) is 0 Å². The van der Waals surface area contributed by atoms with Crippen LogP contribution in [0.2, 0.25) is 0 Å². The number of aryl methyl sites for hydroxylation is 1. The Hall–Kier alpha value is -1.35. The van der Waals surface area contributed by atoms with E-state index in [0.717, 1.165) is 35.9 Å². The highest BCUT2D eigenvalue weighted by molar-refractivity contribution is 5.73. The second-order valence-electron chi connectivity index (χ2n) is 5.98. The van der Waals surface area contributed by atoms with Gasteiger partial charge in [-0.15, -0.1) is 0 Å². The molecule has 108 valence electrons. The zero-order valence-corrected chi connectivity index (χ0v) is 12.3. The van der Waals surface area contributed by atoms with Crippen LogP contribution in [-0.4, -0.2) is 12.0 Å². The third kappa shape index (κ3) is 3.21. The summed E-state index contributed by atoms with van der Waals surface area (Å²) in [4.78, 5) is 4.61. The quantitative estimate of drug-likeness (QED) is 0.892. The van der Waals surface area contributed by atoms with Gasteiger partial charge in [-0.05, 0) is 37.1 Å². The average molecular weight is 272 g/mol. The van der Waals surface area contributed by atoms with Crippen molar-refractivity contribution in [1.82, 2.24) is 10.3 Å². The molecule has 0 atom stereocenters. The summed E-state index contributed by atoms with van der Waals surface area (Å²) in [6, 6.07) is 6.28. The van der Waals surface area contributed by atoms with E-state index in [9.17, 15) is 0 Å². The van der Waals surface area contributed by atoms with E-state index in [1.165, 1.54) is 44.1 Å². The van der Waals surface area contributed by atoms with E-state index in [2.05, 4.69) is 28.5 Å². The van der Waals surface area contributed by atoms with Crippen LogP contribution in [-0.2, 0) is 13.0 Å². The van der Waals surface area contributed by atoms with Crippen molar-refractivity contribution < 1.29 is 4.42 Å². The molecule has 20 heavy (non-hydrogen) atoms. The Morgan fingerprint density at radius 3 is 2.90 bits per heavy atom. The molecule has 0 radical (unpaired) electrons. The van der Waals surface area contributed by atoms with Gasteiger partial charge in [-0.25, -0.2) is 4.98 Å². The Morgan fingerprint density at radius 2 is 2.10 bits per heavy atom. The molecule has 1 aliphatic rings. The fourth-order valence-electron chi connectivity index (χ4n) is 3.24. The van der Waals surface area contributed by atoms with Crippen LogP contribution in [0, 0.1) is 5.92 Å². The SMILES string of the molecule is CNCc1ccc2nc(CCC3CCCCC3)oc2c1. The summed E-state index contributed by atoms with van der Waals surface area (Å²) in [6.07, 6.45) is 9.25. The lowest BCUT2D eigenvalue weighted by atomic mass is 9.86. The van der Waals surface area contributed by atoms with Gasteiger partial charge in [-0.1, -0.05) is 38.2 Å². The lowest BCUT2D eigenvalue weighted by Crippen LogP contribution is -2.07. The second-order valence-corrected chi connectivity index (χ2v) is 5.98. The number of nitrogens with one attached hydrogen (secondary N) is 1. The molecule has 1 aromatic heterocycles. The monoisotopic (exact) mass is 272 g/mol. The van der Waals surface area contributed by atoms with E-state index < -0.39 is 0 Å². The minimum atomic E-state index is 0.869. The summed E-state index contributed by atoms with van der Waals surface area (Å²) in [6.45, 7) is 0.869. The van der Waals surface area contributed by atoms with Crippen LogP contribution in [0.3, 0.4) is 0 Å². The number of benzene rings is 1. The summed E-state index contributed by atoms with van der Waals surface area (Å²) < 4.78 is 5.91. The van der Waals surface area contributed by atoms with Crippen molar-refractivity contribution in [1.29, 1.82) is 0 Å². The van der Waals surface area contributed by atoms with Crippen LogP contribution in [0.15, 0.2) is 22.6 Å². The van der Waals surface area contributed by atoms with Crippen LogP contribution >= 0.6 is 0 Å². The molecular weight excluding hydrogens is 248 g/mol. The molecule has 3 nitrogen and oxygen atoms in total. The van der Waals surface area contributed by atoms with Gasteiger partial charge in [0.05, 0.1) is 0 Å². The zero-order chi connectivity index (χ0) is 13.8. The number of aromatic nitrogens is 1. The van der Waals surface area contributed by atoms with E-state index in [-0.39, 0.29) is 0 Å². The maximum atomic E-state index is 5.91. The Kier molecular flexibility index (Phi) is 4.36. The van der Waals surface area contributed by atoms with Gasteiger partial charge < -0.3 is 9.73 Å². The van der Waals surface area contributed by atoms with Gasteiger partial charge in [-0.2, -0.15) is 0 Å². The third-order valence-electron chi connectivity index (χ3n) is 4.37. The highest BCUT2D eigenvalue weighted by atomic mass is 16.3. The van der Waals surface area contributed by atoms with E-state index in [4.69, 9.17) is 4.42 Å². The smallest absolute Gasteiger partial charge is 0.195 e. The van der Waals surface area contributed by atoms with E-state index in [0.29, 0.717) is 0 Å². The van der Waals surface area contributed by atoms with E-state index >= 15 is 0 Å². The maximum Gasteiger partial charge on any atom is 0.195 e. The standard InChI is InChI=1S/C17H24N2O/c1-18-12-14-7-9-15-16(11-14)20-17(19-15)10-8-13-5-3-2-4-6-13/h7,9,11,13,18H,2-6,8,10,12H2,1H3. The molecule has 1 fully saturated rings. The Bertz CT molecular complexity index is 555. The molecule has 0 aliphatic heterocycles. The predicted octanol–water partition coefficient (Wildman–Crippen LogP) is 4.06. The van der Waals surface area contributed by atoms with Crippen LogP contribution in [0.1, 0.15) is 50.0 Å². The highest BCUT2D eigenvalue weighted by Gasteiger charge is 2.15. The van der Waals surface area contributed by atoms with E-state index in [1.54, 1.807) is 0 Å². The molecule has 0 unspecified atom stereocenters. The largest absolute Gasteiger partial charge is 0.441 e. The zero-order valence-electron chi connectivity index (χ0n) is 12.3. The molecule has 1 heterocycles. The summed E-state index contributed by atoms with van der Waals surface area (Å²) in [5, 5.41) is 3.16. The van der Waals surface area contributed by atoms with Crippen LogP contribution in [0.25, 0.3) is 11.1 Å². The Morgan fingerprint density at radius 1 is 1.25 bits per heavy atom. The molecule has 0 spiro atoms. The summed E-state index contributed by atoms with van der Waals surface area (Å²) in [5.41, 5.74) is 3.16. The highest BCUT2D eigenvalue weighted by Crippen LogP contribution is 2.28. The Balaban J connectivity index is 1.65. The molecule has 1 aliphatic carbocycles. The van der Waals surface area contributed by atoms with Gasteiger partial charge >= 0.3 is 0 Å². The van der Waals surface area contributed by atoms with Gasteiger partial charge in [0.1, 0.15) is 5.52 Å². The molecule has 3 heteroatoms. The van der Waals surface area contributed by atoms with E-state index in [1.807, 2.05) is 7.05 Å². The molecule has 1 aromatic carbocycles. The number of nitrogens with zero attached hydrogens (tertiary/aromatic N) is 1. The lowest BCUT2D eigenvalue weighted by Gasteiger charge is -2.20. The van der Waals surface area contributed by atoms with Crippen molar-refractivity contribution in [3.05, 3.63) is 29.7 Å². The van der Waals surface area contributed by atoms with Crippen LogP contribution < -0.4 is 5.32 Å².